The van der Waals surface area contributed by atoms with Gasteiger partial charge in [-0.1, -0.05) is 31.5 Å². The Morgan fingerprint density at radius 2 is 1.81 bits per heavy atom. The molecule has 2 N–H and O–H groups in total. The summed E-state index contributed by atoms with van der Waals surface area (Å²) < 4.78 is 1.79. The number of nitrogen functional groups attached to an aromatic ring is 1. The summed E-state index contributed by atoms with van der Waals surface area (Å²) in [7, 11) is 0. The number of rotatable bonds is 2. The van der Waals surface area contributed by atoms with Gasteiger partial charge in [0.1, 0.15) is 5.82 Å². The lowest BCUT2D eigenvalue weighted by molar-refractivity contribution is 0.867. The lowest BCUT2D eigenvalue weighted by Crippen LogP contribution is -2.03. The molecule has 16 heavy (non-hydrogen) atoms. The molecule has 0 bridgehead atoms. The van der Waals surface area contributed by atoms with E-state index >= 15 is 0 Å². The Morgan fingerprint density at radius 1 is 1.19 bits per heavy atom. The summed E-state index contributed by atoms with van der Waals surface area (Å²) >= 11 is 0. The van der Waals surface area contributed by atoms with Crippen LogP contribution in [0.15, 0.2) is 30.5 Å². The number of nitrogens with zero attached hydrogens (tertiary/aromatic N) is 2. The SMILES string of the molecule is Cc1ccc(-n2ncc(C(C)C)c2N)cc1. The van der Waals surface area contributed by atoms with Crippen molar-refractivity contribution in [3.8, 4) is 5.69 Å². The van der Waals surface area contributed by atoms with E-state index < -0.39 is 0 Å². The van der Waals surface area contributed by atoms with Gasteiger partial charge in [0.25, 0.3) is 0 Å². The lowest BCUT2D eigenvalue weighted by Gasteiger charge is -2.07. The molecule has 0 aliphatic heterocycles. The Bertz CT molecular complexity index is 480. The lowest BCUT2D eigenvalue weighted by atomic mass is 10.1. The first-order chi connectivity index (χ1) is 7.59. The molecule has 2 aromatic rings. The molecule has 2 rings (SSSR count). The van der Waals surface area contributed by atoms with Gasteiger partial charge >= 0.3 is 0 Å². The van der Waals surface area contributed by atoms with E-state index in [0.717, 1.165) is 17.1 Å². The fourth-order valence-electron chi connectivity index (χ4n) is 1.71. The highest BCUT2D eigenvalue weighted by Gasteiger charge is 2.11. The van der Waals surface area contributed by atoms with Crippen LogP contribution in [0.2, 0.25) is 0 Å². The van der Waals surface area contributed by atoms with Crippen LogP contribution in [0, 0.1) is 6.92 Å². The highest BCUT2D eigenvalue weighted by molar-refractivity contribution is 5.48. The molecule has 0 spiro atoms. The Labute approximate surface area is 95.9 Å². The van der Waals surface area contributed by atoms with E-state index in [-0.39, 0.29) is 0 Å². The average Bonchev–Trinajstić information content (AvgIpc) is 2.61. The molecule has 3 heteroatoms. The molecule has 0 radical (unpaired) electrons. The zero-order valence-corrected chi connectivity index (χ0v) is 9.94. The van der Waals surface area contributed by atoms with Crippen LogP contribution in [0.3, 0.4) is 0 Å². The number of aryl methyl sites for hydroxylation is 1. The Hall–Kier alpha value is -1.77. The van der Waals surface area contributed by atoms with Crippen LogP contribution in [-0.2, 0) is 0 Å². The van der Waals surface area contributed by atoms with Crippen LogP contribution in [-0.4, -0.2) is 9.78 Å². The minimum absolute atomic E-state index is 0.402. The molecule has 0 aliphatic carbocycles. The van der Waals surface area contributed by atoms with Gasteiger partial charge in [0.15, 0.2) is 0 Å². The van der Waals surface area contributed by atoms with E-state index in [4.69, 9.17) is 5.73 Å². The van der Waals surface area contributed by atoms with E-state index in [1.54, 1.807) is 4.68 Å². The fraction of sp³-hybridized carbons (Fsp3) is 0.308. The zero-order valence-electron chi connectivity index (χ0n) is 9.94. The van der Waals surface area contributed by atoms with Gasteiger partial charge in [-0.3, -0.25) is 0 Å². The van der Waals surface area contributed by atoms with Crippen LogP contribution in [0.25, 0.3) is 5.69 Å². The highest BCUT2D eigenvalue weighted by Crippen LogP contribution is 2.23. The molecule has 0 saturated heterocycles. The third-order valence-corrected chi connectivity index (χ3v) is 2.74. The normalized spacial score (nSPS) is 11.0. The number of hydrogen-bond acceptors (Lipinski definition) is 2. The minimum atomic E-state index is 0.402. The summed E-state index contributed by atoms with van der Waals surface area (Å²) in [6.07, 6.45) is 1.85. The van der Waals surface area contributed by atoms with Crippen LogP contribution < -0.4 is 5.73 Å². The average molecular weight is 215 g/mol. The van der Waals surface area contributed by atoms with Gasteiger partial charge in [-0.15, -0.1) is 0 Å². The van der Waals surface area contributed by atoms with Crippen molar-refractivity contribution >= 4 is 5.82 Å². The first-order valence-corrected chi connectivity index (χ1v) is 5.50. The quantitative estimate of drug-likeness (QED) is 0.837. The summed E-state index contributed by atoms with van der Waals surface area (Å²) in [5.74, 6) is 1.14. The summed E-state index contributed by atoms with van der Waals surface area (Å²) in [4.78, 5) is 0. The van der Waals surface area contributed by atoms with E-state index in [1.165, 1.54) is 5.56 Å². The number of anilines is 1. The minimum Gasteiger partial charge on any atom is -0.383 e. The largest absolute Gasteiger partial charge is 0.383 e. The maximum absolute atomic E-state index is 6.07. The highest BCUT2D eigenvalue weighted by atomic mass is 15.3. The Kier molecular flexibility index (Phi) is 2.69. The summed E-state index contributed by atoms with van der Waals surface area (Å²) in [5, 5.41) is 4.33. The van der Waals surface area contributed by atoms with E-state index in [9.17, 15) is 0 Å². The molecule has 0 unspecified atom stereocenters. The van der Waals surface area contributed by atoms with E-state index in [2.05, 4.69) is 38.0 Å². The van der Waals surface area contributed by atoms with Crippen molar-refractivity contribution in [1.29, 1.82) is 0 Å². The second-order valence-corrected chi connectivity index (χ2v) is 4.39. The molecule has 0 atom stereocenters. The molecule has 1 heterocycles. The third-order valence-electron chi connectivity index (χ3n) is 2.74. The van der Waals surface area contributed by atoms with Gasteiger partial charge in [0.05, 0.1) is 11.9 Å². The maximum Gasteiger partial charge on any atom is 0.130 e. The standard InChI is InChI=1S/C13H17N3/c1-9(2)12-8-15-16(13(12)14)11-6-4-10(3)5-7-11/h4-9H,14H2,1-3H3. The third kappa shape index (κ3) is 1.81. The first kappa shape index (κ1) is 10.7. The predicted octanol–water partition coefficient (Wildman–Crippen LogP) is 2.89. The molecule has 0 amide bonds. The van der Waals surface area contributed by atoms with Gasteiger partial charge in [0.2, 0.25) is 0 Å². The number of hydrogen-bond donors (Lipinski definition) is 1. The van der Waals surface area contributed by atoms with Crippen LogP contribution in [0.5, 0.6) is 0 Å². The van der Waals surface area contributed by atoms with Gasteiger partial charge in [-0.2, -0.15) is 5.10 Å². The molecule has 1 aromatic heterocycles. The van der Waals surface area contributed by atoms with Crippen molar-refractivity contribution in [1.82, 2.24) is 9.78 Å². The van der Waals surface area contributed by atoms with Crippen LogP contribution in [0.4, 0.5) is 5.82 Å². The van der Waals surface area contributed by atoms with Gasteiger partial charge in [-0.25, -0.2) is 4.68 Å². The number of benzene rings is 1. The molecular weight excluding hydrogens is 198 g/mol. The topological polar surface area (TPSA) is 43.8 Å². The van der Waals surface area contributed by atoms with E-state index in [1.807, 2.05) is 18.3 Å². The molecule has 0 aliphatic rings. The number of nitrogens with two attached hydrogens (primary N) is 1. The smallest absolute Gasteiger partial charge is 0.130 e. The van der Waals surface area contributed by atoms with Gasteiger partial charge in [0, 0.05) is 5.56 Å². The van der Waals surface area contributed by atoms with Gasteiger partial charge < -0.3 is 5.73 Å². The van der Waals surface area contributed by atoms with E-state index in [0.29, 0.717) is 5.92 Å². The van der Waals surface area contributed by atoms with Crippen molar-refractivity contribution in [3.05, 3.63) is 41.6 Å². The molecule has 1 aromatic carbocycles. The van der Waals surface area contributed by atoms with Crippen molar-refractivity contribution < 1.29 is 0 Å². The fourth-order valence-corrected chi connectivity index (χ4v) is 1.71. The Balaban J connectivity index is 2.45. The van der Waals surface area contributed by atoms with Crippen LogP contribution >= 0.6 is 0 Å². The Morgan fingerprint density at radius 3 is 2.31 bits per heavy atom. The van der Waals surface area contributed by atoms with Gasteiger partial charge in [-0.05, 0) is 25.0 Å². The maximum atomic E-state index is 6.07. The summed E-state index contributed by atoms with van der Waals surface area (Å²) in [5.41, 5.74) is 9.42. The van der Waals surface area contributed by atoms with Crippen LogP contribution in [0.1, 0.15) is 30.9 Å². The molecule has 84 valence electrons. The first-order valence-electron chi connectivity index (χ1n) is 5.50. The number of aromatic nitrogens is 2. The monoisotopic (exact) mass is 215 g/mol. The summed E-state index contributed by atoms with van der Waals surface area (Å²) in [6.45, 7) is 6.30. The van der Waals surface area contributed by atoms with Crippen molar-refractivity contribution in [3.63, 3.8) is 0 Å². The molecule has 0 fully saturated rings. The molecule has 0 saturated carbocycles. The second-order valence-electron chi connectivity index (χ2n) is 4.39. The second kappa shape index (κ2) is 4.00. The molecular formula is C13H17N3. The zero-order chi connectivity index (χ0) is 11.7. The van der Waals surface area contributed by atoms with Crippen molar-refractivity contribution in [2.45, 2.75) is 26.7 Å². The predicted molar refractivity (Wildman–Crippen MR) is 66.8 cm³/mol. The van der Waals surface area contributed by atoms with Crippen molar-refractivity contribution in [2.24, 2.45) is 0 Å². The summed E-state index contributed by atoms with van der Waals surface area (Å²) in [6, 6.07) is 8.18. The molecule has 3 nitrogen and oxygen atoms in total. The van der Waals surface area contributed by atoms with Crippen molar-refractivity contribution in [2.75, 3.05) is 5.73 Å².